The van der Waals surface area contributed by atoms with E-state index in [1.54, 1.807) is 6.08 Å². The molecule has 0 amide bonds. The van der Waals surface area contributed by atoms with Crippen LogP contribution < -0.4 is 4.74 Å². The first kappa shape index (κ1) is 20.9. The van der Waals surface area contributed by atoms with E-state index < -0.39 is 0 Å². The first-order chi connectivity index (χ1) is 12.9. The molecule has 2 rings (SSSR count). The van der Waals surface area contributed by atoms with Gasteiger partial charge < -0.3 is 14.5 Å². The standard InChI is InChI=1S/C23H30N2O2/c1-24(2)16-21(17-25(3)4)23(26)15-12-19-10-13-22(14-11-19)27-18-20-8-6-5-7-9-20/h5-15,21H,16-18H2,1-4H3. The van der Waals surface area contributed by atoms with Gasteiger partial charge in [0.15, 0.2) is 5.78 Å². The van der Waals surface area contributed by atoms with Crippen LogP contribution in [0.4, 0.5) is 0 Å². The molecule has 4 heteroatoms. The maximum atomic E-state index is 12.5. The topological polar surface area (TPSA) is 32.8 Å². The fourth-order valence-corrected chi connectivity index (χ4v) is 2.85. The fraction of sp³-hybridized carbons (Fsp3) is 0.348. The van der Waals surface area contributed by atoms with Crippen LogP contribution in [0.5, 0.6) is 5.75 Å². The minimum atomic E-state index is -0.0280. The van der Waals surface area contributed by atoms with Crippen molar-refractivity contribution in [3.8, 4) is 5.75 Å². The summed E-state index contributed by atoms with van der Waals surface area (Å²) < 4.78 is 5.80. The Morgan fingerprint density at radius 2 is 1.52 bits per heavy atom. The van der Waals surface area contributed by atoms with Crippen molar-refractivity contribution in [3.05, 3.63) is 71.8 Å². The molecule has 0 aliphatic rings. The van der Waals surface area contributed by atoms with E-state index in [1.165, 1.54) is 0 Å². The number of hydrogen-bond acceptors (Lipinski definition) is 4. The molecular formula is C23H30N2O2. The highest BCUT2D eigenvalue weighted by molar-refractivity contribution is 5.95. The number of allylic oxidation sites excluding steroid dienone is 1. The predicted molar refractivity (Wildman–Crippen MR) is 112 cm³/mol. The average Bonchev–Trinajstić information content (AvgIpc) is 2.65. The molecular weight excluding hydrogens is 336 g/mol. The van der Waals surface area contributed by atoms with Crippen molar-refractivity contribution in [1.29, 1.82) is 0 Å². The molecule has 0 unspecified atom stereocenters. The largest absolute Gasteiger partial charge is 0.489 e. The summed E-state index contributed by atoms with van der Waals surface area (Å²) in [5.74, 6) is 0.946. The number of ketones is 1. The zero-order chi connectivity index (χ0) is 19.6. The van der Waals surface area contributed by atoms with Gasteiger partial charge in [-0.3, -0.25) is 4.79 Å². The molecule has 0 bridgehead atoms. The summed E-state index contributed by atoms with van der Waals surface area (Å²) >= 11 is 0. The summed E-state index contributed by atoms with van der Waals surface area (Å²) in [6.45, 7) is 2.03. The Hall–Kier alpha value is -2.43. The van der Waals surface area contributed by atoms with Crippen LogP contribution in [0.2, 0.25) is 0 Å². The van der Waals surface area contributed by atoms with E-state index in [1.807, 2.05) is 88.9 Å². The summed E-state index contributed by atoms with van der Waals surface area (Å²) in [6, 6.07) is 17.9. The van der Waals surface area contributed by atoms with Crippen molar-refractivity contribution in [2.45, 2.75) is 6.61 Å². The second kappa shape index (κ2) is 10.7. The summed E-state index contributed by atoms with van der Waals surface area (Å²) in [4.78, 5) is 16.7. The lowest BCUT2D eigenvalue weighted by Gasteiger charge is -2.22. The van der Waals surface area contributed by atoms with E-state index >= 15 is 0 Å². The van der Waals surface area contributed by atoms with Gasteiger partial charge in [-0.15, -0.1) is 0 Å². The monoisotopic (exact) mass is 366 g/mol. The van der Waals surface area contributed by atoms with Gasteiger partial charge in [0.25, 0.3) is 0 Å². The molecule has 0 heterocycles. The first-order valence-electron chi connectivity index (χ1n) is 9.22. The number of carbonyl (C=O) groups excluding carboxylic acids is 1. The summed E-state index contributed by atoms with van der Waals surface area (Å²) in [7, 11) is 7.98. The quantitative estimate of drug-likeness (QED) is 0.602. The minimum absolute atomic E-state index is 0.0280. The van der Waals surface area contributed by atoms with Gasteiger partial charge in [-0.25, -0.2) is 0 Å². The fourth-order valence-electron chi connectivity index (χ4n) is 2.85. The number of ether oxygens (including phenoxy) is 1. The summed E-state index contributed by atoms with van der Waals surface area (Å²) in [5, 5.41) is 0. The van der Waals surface area contributed by atoms with Crippen LogP contribution in [0.25, 0.3) is 6.08 Å². The van der Waals surface area contributed by atoms with Crippen molar-refractivity contribution in [3.63, 3.8) is 0 Å². The Balaban J connectivity index is 1.92. The maximum absolute atomic E-state index is 12.5. The van der Waals surface area contributed by atoms with Crippen LogP contribution in [0.3, 0.4) is 0 Å². The Morgan fingerprint density at radius 3 is 2.07 bits per heavy atom. The van der Waals surface area contributed by atoms with E-state index in [2.05, 4.69) is 9.80 Å². The Kier molecular flexibility index (Phi) is 8.24. The lowest BCUT2D eigenvalue weighted by Crippen LogP contribution is -2.34. The zero-order valence-corrected chi connectivity index (χ0v) is 16.8. The third-order valence-corrected chi connectivity index (χ3v) is 4.14. The molecule has 0 aromatic heterocycles. The van der Waals surface area contributed by atoms with Crippen LogP contribution in [0.15, 0.2) is 60.7 Å². The van der Waals surface area contributed by atoms with Crippen molar-refractivity contribution in [1.82, 2.24) is 9.80 Å². The van der Waals surface area contributed by atoms with E-state index in [9.17, 15) is 4.79 Å². The zero-order valence-electron chi connectivity index (χ0n) is 16.8. The number of rotatable bonds is 10. The molecule has 0 aliphatic heterocycles. The van der Waals surface area contributed by atoms with Gasteiger partial charge in [-0.2, -0.15) is 0 Å². The van der Waals surface area contributed by atoms with Crippen molar-refractivity contribution in [2.75, 3.05) is 41.3 Å². The molecule has 27 heavy (non-hydrogen) atoms. The predicted octanol–water partition coefficient (Wildman–Crippen LogP) is 3.59. The second-order valence-corrected chi connectivity index (χ2v) is 7.30. The first-order valence-corrected chi connectivity index (χ1v) is 9.22. The molecule has 0 spiro atoms. The summed E-state index contributed by atoms with van der Waals surface area (Å²) in [5.41, 5.74) is 2.13. The molecule has 0 atom stereocenters. The molecule has 144 valence electrons. The molecule has 0 radical (unpaired) electrons. The van der Waals surface area contributed by atoms with Crippen molar-refractivity contribution < 1.29 is 9.53 Å². The van der Waals surface area contributed by atoms with Gasteiger partial charge >= 0.3 is 0 Å². The van der Waals surface area contributed by atoms with Crippen molar-refractivity contribution in [2.24, 2.45) is 5.92 Å². The molecule has 2 aromatic rings. The second-order valence-electron chi connectivity index (χ2n) is 7.30. The van der Waals surface area contributed by atoms with E-state index in [4.69, 9.17) is 4.74 Å². The molecule has 4 nitrogen and oxygen atoms in total. The third-order valence-electron chi connectivity index (χ3n) is 4.14. The molecule has 0 N–H and O–H groups in total. The van der Waals surface area contributed by atoms with Gasteiger partial charge in [0.2, 0.25) is 0 Å². The summed E-state index contributed by atoms with van der Waals surface area (Å²) in [6.07, 6.45) is 3.57. The lowest BCUT2D eigenvalue weighted by molar-refractivity contribution is -0.119. The number of hydrogen-bond donors (Lipinski definition) is 0. The Labute approximate surface area is 163 Å². The number of benzene rings is 2. The Bertz CT molecular complexity index is 712. The smallest absolute Gasteiger partial charge is 0.161 e. The van der Waals surface area contributed by atoms with Gasteiger partial charge in [0.05, 0.1) is 0 Å². The molecule has 0 fully saturated rings. The molecule has 2 aromatic carbocycles. The van der Waals surface area contributed by atoms with E-state index in [0.717, 1.165) is 30.0 Å². The third kappa shape index (κ3) is 7.77. The van der Waals surface area contributed by atoms with E-state index in [-0.39, 0.29) is 11.7 Å². The SMILES string of the molecule is CN(C)CC(CN(C)C)C(=O)C=Cc1ccc(OCc2ccccc2)cc1. The van der Waals surface area contributed by atoms with Gasteiger partial charge in [0.1, 0.15) is 12.4 Å². The minimum Gasteiger partial charge on any atom is -0.489 e. The van der Waals surface area contributed by atoms with Crippen LogP contribution in [0, 0.1) is 5.92 Å². The van der Waals surface area contributed by atoms with Crippen molar-refractivity contribution >= 4 is 11.9 Å². The normalized spacial score (nSPS) is 11.7. The highest BCUT2D eigenvalue weighted by Gasteiger charge is 2.17. The highest BCUT2D eigenvalue weighted by atomic mass is 16.5. The molecule has 0 aliphatic carbocycles. The Morgan fingerprint density at radius 1 is 0.926 bits per heavy atom. The van der Waals surface area contributed by atoms with E-state index in [0.29, 0.717) is 6.61 Å². The van der Waals surface area contributed by atoms with Gasteiger partial charge in [-0.1, -0.05) is 48.5 Å². The van der Waals surface area contributed by atoms with Gasteiger partial charge in [0, 0.05) is 19.0 Å². The number of carbonyl (C=O) groups is 1. The average molecular weight is 367 g/mol. The highest BCUT2D eigenvalue weighted by Crippen LogP contribution is 2.15. The van der Waals surface area contributed by atoms with Crippen LogP contribution in [-0.4, -0.2) is 56.9 Å². The molecule has 0 saturated heterocycles. The van der Waals surface area contributed by atoms with Crippen LogP contribution in [0.1, 0.15) is 11.1 Å². The van der Waals surface area contributed by atoms with Crippen LogP contribution >= 0.6 is 0 Å². The number of nitrogens with zero attached hydrogens (tertiary/aromatic N) is 2. The van der Waals surface area contributed by atoms with Crippen LogP contribution in [-0.2, 0) is 11.4 Å². The van der Waals surface area contributed by atoms with Gasteiger partial charge in [-0.05, 0) is 57.5 Å². The molecule has 0 saturated carbocycles. The lowest BCUT2D eigenvalue weighted by atomic mass is 10.0. The maximum Gasteiger partial charge on any atom is 0.161 e.